The Morgan fingerprint density at radius 2 is 1.95 bits per heavy atom. The Morgan fingerprint density at radius 3 is 2.74 bits per heavy atom. The fraction of sp³-hybridized carbons (Fsp3) is 0.250. The molecule has 0 aliphatic heterocycles. The molecule has 3 nitrogen and oxygen atoms in total. The lowest BCUT2D eigenvalue weighted by molar-refractivity contribution is 0.647. The van der Waals surface area contributed by atoms with E-state index in [0.717, 1.165) is 24.9 Å². The monoisotopic (exact) mass is 251 g/mol. The molecule has 0 aliphatic rings. The number of aryl methyl sites for hydroxylation is 1. The van der Waals surface area contributed by atoms with E-state index in [2.05, 4.69) is 40.6 Å². The quantitative estimate of drug-likeness (QED) is 0.803. The van der Waals surface area contributed by atoms with Gasteiger partial charge in [-0.05, 0) is 31.0 Å². The molecule has 19 heavy (non-hydrogen) atoms. The first kappa shape index (κ1) is 13.3. The molecular weight excluding hydrogens is 234 g/mol. The Bertz CT molecular complexity index is 543. The molecule has 0 aliphatic carbocycles. The van der Waals surface area contributed by atoms with E-state index in [9.17, 15) is 0 Å². The lowest BCUT2D eigenvalue weighted by Gasteiger charge is -2.06. The summed E-state index contributed by atoms with van der Waals surface area (Å²) in [6, 6.07) is 16.4. The minimum absolute atomic E-state index is 0.512. The number of nitriles is 1. The molecule has 1 aromatic carbocycles. The van der Waals surface area contributed by atoms with Crippen molar-refractivity contribution in [1.29, 1.82) is 5.26 Å². The molecule has 2 aromatic rings. The SMILES string of the molecule is N#Cc1ncccc1CNCCCc1ccccc1. The van der Waals surface area contributed by atoms with Gasteiger partial charge >= 0.3 is 0 Å². The number of benzene rings is 1. The van der Waals surface area contributed by atoms with Gasteiger partial charge in [0.15, 0.2) is 0 Å². The number of hydrogen-bond donors (Lipinski definition) is 1. The zero-order valence-corrected chi connectivity index (χ0v) is 10.8. The van der Waals surface area contributed by atoms with E-state index in [1.165, 1.54) is 5.56 Å². The van der Waals surface area contributed by atoms with Crippen LogP contribution in [0, 0.1) is 11.3 Å². The van der Waals surface area contributed by atoms with Crippen LogP contribution in [0.25, 0.3) is 0 Å². The van der Waals surface area contributed by atoms with Crippen molar-refractivity contribution in [2.45, 2.75) is 19.4 Å². The average molecular weight is 251 g/mol. The van der Waals surface area contributed by atoms with Crippen LogP contribution in [0.3, 0.4) is 0 Å². The molecule has 0 atom stereocenters. The standard InChI is InChI=1S/C16H17N3/c17-12-16-15(9-5-11-19-16)13-18-10-4-8-14-6-2-1-3-7-14/h1-3,5-7,9,11,18H,4,8,10,13H2. The highest BCUT2D eigenvalue weighted by atomic mass is 14.9. The molecule has 0 spiro atoms. The topological polar surface area (TPSA) is 48.7 Å². The Labute approximate surface area is 113 Å². The van der Waals surface area contributed by atoms with Gasteiger partial charge in [0.2, 0.25) is 0 Å². The maximum absolute atomic E-state index is 8.93. The van der Waals surface area contributed by atoms with Crippen molar-refractivity contribution < 1.29 is 0 Å². The molecule has 0 saturated heterocycles. The van der Waals surface area contributed by atoms with Crippen molar-refractivity contribution >= 4 is 0 Å². The smallest absolute Gasteiger partial charge is 0.144 e. The molecule has 0 unspecified atom stereocenters. The predicted octanol–water partition coefficient (Wildman–Crippen LogP) is 2.68. The Balaban J connectivity index is 1.71. The van der Waals surface area contributed by atoms with E-state index in [0.29, 0.717) is 12.2 Å². The van der Waals surface area contributed by atoms with Crippen LogP contribution in [-0.2, 0) is 13.0 Å². The van der Waals surface area contributed by atoms with E-state index in [4.69, 9.17) is 5.26 Å². The number of rotatable bonds is 6. The van der Waals surface area contributed by atoms with E-state index in [-0.39, 0.29) is 0 Å². The molecule has 1 aromatic heterocycles. The van der Waals surface area contributed by atoms with Crippen molar-refractivity contribution in [1.82, 2.24) is 10.3 Å². The van der Waals surface area contributed by atoms with Crippen molar-refractivity contribution in [2.75, 3.05) is 6.54 Å². The van der Waals surface area contributed by atoms with Crippen molar-refractivity contribution in [3.05, 3.63) is 65.5 Å². The Kier molecular flexibility index (Phi) is 5.09. The van der Waals surface area contributed by atoms with Gasteiger partial charge in [0.25, 0.3) is 0 Å². The minimum Gasteiger partial charge on any atom is -0.313 e. The van der Waals surface area contributed by atoms with Gasteiger partial charge in [-0.25, -0.2) is 4.98 Å². The lowest BCUT2D eigenvalue weighted by Crippen LogP contribution is -2.16. The third kappa shape index (κ3) is 4.20. The van der Waals surface area contributed by atoms with Gasteiger partial charge in [-0.15, -0.1) is 0 Å². The van der Waals surface area contributed by atoms with Crippen molar-refractivity contribution in [2.24, 2.45) is 0 Å². The summed E-state index contributed by atoms with van der Waals surface area (Å²) in [5.74, 6) is 0. The summed E-state index contributed by atoms with van der Waals surface area (Å²) in [6.45, 7) is 1.64. The molecule has 0 fully saturated rings. The molecule has 2 rings (SSSR count). The van der Waals surface area contributed by atoms with Gasteiger partial charge in [0, 0.05) is 18.3 Å². The average Bonchev–Trinajstić information content (AvgIpc) is 2.48. The van der Waals surface area contributed by atoms with Crippen LogP contribution in [0.4, 0.5) is 0 Å². The van der Waals surface area contributed by atoms with Crippen molar-refractivity contribution in [3.63, 3.8) is 0 Å². The van der Waals surface area contributed by atoms with Crippen LogP contribution in [-0.4, -0.2) is 11.5 Å². The molecule has 3 heteroatoms. The number of pyridine rings is 1. The highest BCUT2D eigenvalue weighted by molar-refractivity contribution is 5.30. The lowest BCUT2D eigenvalue weighted by atomic mass is 10.1. The maximum atomic E-state index is 8.93. The fourth-order valence-corrected chi connectivity index (χ4v) is 1.97. The van der Waals surface area contributed by atoms with Crippen LogP contribution in [0.5, 0.6) is 0 Å². The molecule has 0 amide bonds. The maximum Gasteiger partial charge on any atom is 0.144 e. The Morgan fingerprint density at radius 1 is 1.11 bits per heavy atom. The number of aromatic nitrogens is 1. The van der Waals surface area contributed by atoms with Gasteiger partial charge in [0.1, 0.15) is 11.8 Å². The molecule has 0 bridgehead atoms. The molecule has 96 valence electrons. The molecule has 1 heterocycles. The molecule has 0 saturated carbocycles. The van der Waals surface area contributed by atoms with Crippen LogP contribution in [0.1, 0.15) is 23.2 Å². The van der Waals surface area contributed by atoms with E-state index in [1.807, 2.05) is 18.2 Å². The van der Waals surface area contributed by atoms with Gasteiger partial charge in [-0.3, -0.25) is 0 Å². The highest BCUT2D eigenvalue weighted by Crippen LogP contribution is 2.04. The molecular formula is C16H17N3. The highest BCUT2D eigenvalue weighted by Gasteiger charge is 2.01. The minimum atomic E-state index is 0.512. The van der Waals surface area contributed by atoms with Gasteiger partial charge < -0.3 is 5.32 Å². The summed E-state index contributed by atoms with van der Waals surface area (Å²) >= 11 is 0. The van der Waals surface area contributed by atoms with Crippen molar-refractivity contribution in [3.8, 4) is 6.07 Å². The van der Waals surface area contributed by atoms with Gasteiger partial charge in [-0.2, -0.15) is 5.26 Å². The summed E-state index contributed by atoms with van der Waals surface area (Å²) in [4.78, 5) is 4.04. The van der Waals surface area contributed by atoms with E-state index >= 15 is 0 Å². The first-order chi connectivity index (χ1) is 9.40. The second-order valence-electron chi connectivity index (χ2n) is 4.39. The Hall–Kier alpha value is -2.18. The summed E-state index contributed by atoms with van der Waals surface area (Å²) < 4.78 is 0. The summed E-state index contributed by atoms with van der Waals surface area (Å²) in [7, 11) is 0. The normalized spacial score (nSPS) is 10.1. The summed E-state index contributed by atoms with van der Waals surface area (Å²) in [5.41, 5.74) is 2.84. The third-order valence-corrected chi connectivity index (χ3v) is 2.97. The second kappa shape index (κ2) is 7.30. The molecule has 1 N–H and O–H groups in total. The number of nitrogens with zero attached hydrogens (tertiary/aromatic N) is 2. The molecule has 0 radical (unpaired) electrons. The number of nitrogens with one attached hydrogen (secondary N) is 1. The largest absolute Gasteiger partial charge is 0.313 e. The van der Waals surface area contributed by atoms with Crippen LogP contribution in [0.15, 0.2) is 48.7 Å². The second-order valence-corrected chi connectivity index (χ2v) is 4.39. The third-order valence-electron chi connectivity index (χ3n) is 2.97. The predicted molar refractivity (Wildman–Crippen MR) is 75.4 cm³/mol. The summed E-state index contributed by atoms with van der Waals surface area (Å²) in [5, 5.41) is 12.3. The van der Waals surface area contributed by atoms with Crippen LogP contribution < -0.4 is 5.32 Å². The van der Waals surface area contributed by atoms with Gasteiger partial charge in [0.05, 0.1) is 0 Å². The summed E-state index contributed by atoms with van der Waals surface area (Å²) in [6.07, 6.45) is 3.82. The zero-order valence-electron chi connectivity index (χ0n) is 10.8. The van der Waals surface area contributed by atoms with E-state index < -0.39 is 0 Å². The van der Waals surface area contributed by atoms with E-state index in [1.54, 1.807) is 6.20 Å². The first-order valence-electron chi connectivity index (χ1n) is 6.49. The number of hydrogen-bond acceptors (Lipinski definition) is 3. The fourth-order valence-electron chi connectivity index (χ4n) is 1.97. The van der Waals surface area contributed by atoms with Crippen LogP contribution in [0.2, 0.25) is 0 Å². The first-order valence-corrected chi connectivity index (χ1v) is 6.49. The zero-order chi connectivity index (χ0) is 13.3. The van der Waals surface area contributed by atoms with Gasteiger partial charge in [-0.1, -0.05) is 36.4 Å². The van der Waals surface area contributed by atoms with Crippen LogP contribution >= 0.6 is 0 Å².